The first-order valence-electron chi connectivity index (χ1n) is 5.85. The molecule has 0 unspecified atom stereocenters. The number of amidine groups is 1. The molecule has 2 rings (SSSR count). The monoisotopic (exact) mass is 416 g/mol. The summed E-state index contributed by atoms with van der Waals surface area (Å²) in [4.78, 5) is 0. The van der Waals surface area contributed by atoms with E-state index in [2.05, 4.69) is 37.0 Å². The van der Waals surface area contributed by atoms with E-state index in [1.165, 1.54) is 6.07 Å². The first-order valence-corrected chi connectivity index (χ1v) is 7.44. The van der Waals surface area contributed by atoms with Crippen molar-refractivity contribution in [1.82, 2.24) is 0 Å². The summed E-state index contributed by atoms with van der Waals surface area (Å²) in [5, 5.41) is 11.8. The summed E-state index contributed by atoms with van der Waals surface area (Å²) in [5.74, 6) is 0.0836. The third-order valence-corrected chi connectivity index (χ3v) is 3.80. The fourth-order valence-electron chi connectivity index (χ4n) is 1.67. The molecule has 21 heavy (non-hydrogen) atoms. The highest BCUT2D eigenvalue weighted by Gasteiger charge is 2.10. The van der Waals surface area contributed by atoms with E-state index in [1.54, 1.807) is 30.3 Å². The van der Waals surface area contributed by atoms with Crippen molar-refractivity contribution in [3.8, 4) is 5.75 Å². The molecule has 0 amide bonds. The summed E-state index contributed by atoms with van der Waals surface area (Å²) < 4.78 is 20.0. The Morgan fingerprint density at radius 2 is 2.00 bits per heavy atom. The minimum absolute atomic E-state index is 0.0495. The summed E-state index contributed by atoms with van der Waals surface area (Å²) in [6.45, 7) is 0.228. The fraction of sp³-hybridized carbons (Fsp3) is 0.0714. The Kier molecular flexibility index (Phi) is 5.19. The van der Waals surface area contributed by atoms with Gasteiger partial charge in [-0.25, -0.2) is 4.39 Å². The Hall–Kier alpha value is -1.60. The average Bonchev–Trinajstić information content (AvgIpc) is 2.48. The molecule has 0 aliphatic rings. The molecule has 0 atom stereocenters. The number of rotatable bonds is 4. The highest BCUT2D eigenvalue weighted by molar-refractivity contribution is 9.10. The minimum Gasteiger partial charge on any atom is -0.488 e. The lowest BCUT2D eigenvalue weighted by Gasteiger charge is -2.11. The highest BCUT2D eigenvalue weighted by Crippen LogP contribution is 2.25. The summed E-state index contributed by atoms with van der Waals surface area (Å²) >= 11 is 6.43. The molecule has 2 aromatic rings. The van der Waals surface area contributed by atoms with Crippen LogP contribution in [0.2, 0.25) is 0 Å². The van der Waals surface area contributed by atoms with Crippen molar-refractivity contribution in [3.05, 3.63) is 62.3 Å². The van der Waals surface area contributed by atoms with Crippen LogP contribution in [0.5, 0.6) is 5.75 Å². The molecule has 0 aliphatic carbocycles. The van der Waals surface area contributed by atoms with E-state index in [0.29, 0.717) is 15.8 Å². The van der Waals surface area contributed by atoms with Gasteiger partial charge in [0.1, 0.15) is 18.2 Å². The van der Waals surface area contributed by atoms with Crippen molar-refractivity contribution in [2.24, 2.45) is 10.9 Å². The van der Waals surface area contributed by atoms with Crippen molar-refractivity contribution in [2.75, 3.05) is 0 Å². The van der Waals surface area contributed by atoms with Gasteiger partial charge in [0, 0.05) is 4.47 Å². The second-order valence-corrected chi connectivity index (χ2v) is 5.93. The van der Waals surface area contributed by atoms with Gasteiger partial charge in [0.05, 0.1) is 10.0 Å². The Bertz CT molecular complexity index is 693. The maximum absolute atomic E-state index is 13.2. The summed E-state index contributed by atoms with van der Waals surface area (Å²) in [6.07, 6.45) is 0. The normalized spacial score (nSPS) is 11.5. The lowest BCUT2D eigenvalue weighted by molar-refractivity contribution is 0.303. The summed E-state index contributed by atoms with van der Waals surface area (Å²) in [5.41, 5.74) is 6.87. The van der Waals surface area contributed by atoms with Crippen LogP contribution in [-0.2, 0) is 6.61 Å². The third-order valence-electron chi connectivity index (χ3n) is 2.70. The van der Waals surface area contributed by atoms with Gasteiger partial charge in [-0.05, 0) is 51.8 Å². The second kappa shape index (κ2) is 6.91. The predicted molar refractivity (Wildman–Crippen MR) is 85.1 cm³/mol. The van der Waals surface area contributed by atoms with E-state index in [0.717, 1.165) is 10.0 Å². The molecule has 0 aromatic heterocycles. The zero-order chi connectivity index (χ0) is 15.4. The predicted octanol–water partition coefficient (Wildman–Crippen LogP) is 4.02. The van der Waals surface area contributed by atoms with Gasteiger partial charge in [-0.3, -0.25) is 0 Å². The molecular formula is C14H11Br2FN2O2. The zero-order valence-electron chi connectivity index (χ0n) is 10.7. The average molecular weight is 418 g/mol. The third kappa shape index (κ3) is 3.95. The van der Waals surface area contributed by atoms with Gasteiger partial charge in [0.2, 0.25) is 0 Å². The zero-order valence-corrected chi connectivity index (χ0v) is 13.9. The molecule has 4 nitrogen and oxygen atoms in total. The summed E-state index contributed by atoms with van der Waals surface area (Å²) in [6, 6.07) is 9.79. The van der Waals surface area contributed by atoms with E-state index in [9.17, 15) is 4.39 Å². The van der Waals surface area contributed by atoms with Crippen molar-refractivity contribution in [1.29, 1.82) is 0 Å². The van der Waals surface area contributed by atoms with Gasteiger partial charge in [-0.1, -0.05) is 27.2 Å². The van der Waals surface area contributed by atoms with Gasteiger partial charge in [-0.15, -0.1) is 0 Å². The molecule has 0 radical (unpaired) electrons. The number of hydrogen-bond donors (Lipinski definition) is 2. The Balaban J connectivity index is 2.21. The van der Waals surface area contributed by atoms with Crippen molar-refractivity contribution in [2.45, 2.75) is 6.61 Å². The van der Waals surface area contributed by atoms with Gasteiger partial charge in [0.15, 0.2) is 5.84 Å². The van der Waals surface area contributed by atoms with E-state index >= 15 is 0 Å². The fourth-order valence-corrected chi connectivity index (χ4v) is 2.46. The van der Waals surface area contributed by atoms with Crippen molar-refractivity contribution >= 4 is 37.7 Å². The Morgan fingerprint density at radius 3 is 2.67 bits per heavy atom. The summed E-state index contributed by atoms with van der Waals surface area (Å²) in [7, 11) is 0. The number of hydrogen-bond acceptors (Lipinski definition) is 3. The van der Waals surface area contributed by atoms with Crippen LogP contribution in [0.15, 0.2) is 50.5 Å². The quantitative estimate of drug-likeness (QED) is 0.341. The van der Waals surface area contributed by atoms with Crippen LogP contribution in [0, 0.1) is 5.82 Å². The number of halogens is 3. The van der Waals surface area contributed by atoms with Crippen LogP contribution in [-0.4, -0.2) is 11.0 Å². The molecule has 0 spiro atoms. The SMILES string of the molecule is N/C(=N/O)c1cc(Br)ccc1OCc1ccc(F)c(Br)c1. The Morgan fingerprint density at radius 1 is 1.24 bits per heavy atom. The standard InChI is InChI=1S/C14H11Br2FN2O2/c15-9-2-4-13(10(6-9)14(18)19-20)21-7-8-1-3-12(17)11(16)5-8/h1-6,20H,7H2,(H2,18,19). The maximum Gasteiger partial charge on any atom is 0.173 e. The van der Waals surface area contributed by atoms with E-state index in [1.807, 2.05) is 0 Å². The van der Waals surface area contributed by atoms with Gasteiger partial charge < -0.3 is 15.7 Å². The van der Waals surface area contributed by atoms with Gasteiger partial charge in [0.25, 0.3) is 0 Å². The number of nitrogens with two attached hydrogens (primary N) is 1. The van der Waals surface area contributed by atoms with Gasteiger partial charge >= 0.3 is 0 Å². The van der Waals surface area contributed by atoms with Crippen LogP contribution in [0.3, 0.4) is 0 Å². The Labute approximate surface area is 137 Å². The molecule has 110 valence electrons. The maximum atomic E-state index is 13.2. The molecule has 3 N–H and O–H groups in total. The number of nitrogens with zero attached hydrogens (tertiary/aromatic N) is 1. The molecule has 0 saturated heterocycles. The van der Waals surface area contributed by atoms with E-state index < -0.39 is 0 Å². The molecule has 0 fully saturated rings. The minimum atomic E-state index is -0.334. The van der Waals surface area contributed by atoms with Crippen LogP contribution in [0.25, 0.3) is 0 Å². The number of oxime groups is 1. The van der Waals surface area contributed by atoms with Crippen LogP contribution in [0.4, 0.5) is 4.39 Å². The molecule has 0 bridgehead atoms. The van der Waals surface area contributed by atoms with Crippen molar-refractivity contribution in [3.63, 3.8) is 0 Å². The molecule has 0 heterocycles. The highest BCUT2D eigenvalue weighted by atomic mass is 79.9. The van der Waals surface area contributed by atoms with Crippen molar-refractivity contribution < 1.29 is 14.3 Å². The van der Waals surface area contributed by atoms with Crippen LogP contribution < -0.4 is 10.5 Å². The molecule has 2 aromatic carbocycles. The van der Waals surface area contributed by atoms with E-state index in [4.69, 9.17) is 15.7 Å². The number of benzene rings is 2. The first kappa shape index (κ1) is 15.8. The van der Waals surface area contributed by atoms with E-state index in [-0.39, 0.29) is 18.3 Å². The second-order valence-electron chi connectivity index (χ2n) is 4.16. The lowest BCUT2D eigenvalue weighted by Crippen LogP contribution is -2.15. The topological polar surface area (TPSA) is 67.8 Å². The van der Waals surface area contributed by atoms with Crippen LogP contribution >= 0.6 is 31.9 Å². The molecule has 0 aliphatic heterocycles. The number of ether oxygens (including phenoxy) is 1. The largest absolute Gasteiger partial charge is 0.488 e. The molecule has 0 saturated carbocycles. The smallest absolute Gasteiger partial charge is 0.173 e. The molecular weight excluding hydrogens is 407 g/mol. The van der Waals surface area contributed by atoms with Gasteiger partial charge in [-0.2, -0.15) is 0 Å². The lowest BCUT2D eigenvalue weighted by atomic mass is 10.2. The first-order chi connectivity index (χ1) is 10.0. The van der Waals surface area contributed by atoms with Crippen LogP contribution in [0.1, 0.15) is 11.1 Å². The molecule has 7 heteroatoms.